The zero-order valence-electron chi connectivity index (χ0n) is 62.4. The van der Waals surface area contributed by atoms with Crippen molar-refractivity contribution in [2.24, 2.45) is 0 Å². The molecular weight excluding hydrogens is 1170 g/mol. The van der Waals surface area contributed by atoms with E-state index in [0.717, 1.165) is 83.5 Å². The molecule has 95 heavy (non-hydrogen) atoms. The van der Waals surface area contributed by atoms with Crippen LogP contribution in [0.4, 0.5) is 0 Å². The van der Waals surface area contributed by atoms with Crippen LogP contribution in [0.5, 0.6) is 0 Å². The molecule has 0 aromatic heterocycles. The van der Waals surface area contributed by atoms with Gasteiger partial charge in [-0.1, -0.05) is 407 Å². The van der Waals surface area contributed by atoms with Crippen LogP contribution in [-0.2, 0) is 14.3 Å². The molecule has 1 heterocycles. The largest absolute Gasteiger partial charge is 0.394 e. The van der Waals surface area contributed by atoms with Crippen molar-refractivity contribution < 1.29 is 39.8 Å². The predicted octanol–water partition coefficient (Wildman–Crippen LogP) is 24.0. The number of ether oxygens (including phenoxy) is 2. The summed E-state index contributed by atoms with van der Waals surface area (Å²) in [5, 5.41) is 55.1. The summed E-state index contributed by atoms with van der Waals surface area (Å²) >= 11 is 0. The smallest absolute Gasteiger partial charge is 0.220 e. The molecule has 6 N–H and O–H groups in total. The van der Waals surface area contributed by atoms with Gasteiger partial charge in [0.15, 0.2) is 6.29 Å². The summed E-state index contributed by atoms with van der Waals surface area (Å²) in [6, 6.07) is -0.724. The zero-order valence-corrected chi connectivity index (χ0v) is 62.4. The van der Waals surface area contributed by atoms with Crippen molar-refractivity contribution in [1.29, 1.82) is 0 Å². The summed E-state index contributed by atoms with van der Waals surface area (Å²) in [6.45, 7) is 3.78. The Morgan fingerprint density at radius 3 is 0.968 bits per heavy atom. The summed E-state index contributed by atoms with van der Waals surface area (Å²) in [4.78, 5) is 13.2. The maximum Gasteiger partial charge on any atom is 0.220 e. The highest BCUT2D eigenvalue weighted by Gasteiger charge is 2.44. The highest BCUT2D eigenvalue weighted by molar-refractivity contribution is 5.76. The lowest BCUT2D eigenvalue weighted by molar-refractivity contribution is -0.302. The van der Waals surface area contributed by atoms with Gasteiger partial charge in [0, 0.05) is 6.42 Å². The first-order valence-corrected chi connectivity index (χ1v) is 41.3. The monoisotopic (exact) mass is 1330 g/mol. The molecule has 1 aliphatic heterocycles. The van der Waals surface area contributed by atoms with Gasteiger partial charge in [-0.25, -0.2) is 0 Å². The van der Waals surface area contributed by atoms with Crippen molar-refractivity contribution in [2.45, 2.75) is 442 Å². The SMILES string of the molecule is CC/C=C\C/C=C\C/C=C\C/C=C\C/C=C\C/C=C\C/C=C\CCCCCCCCCCCCCCCCCCCC(=O)NC(COC1OC(CO)C(O)C(O)C1O)C(O)CCCCCCCCCCCCCCCCCCCCCCCCCCCCCCCCCCC. The molecule has 0 radical (unpaired) electrons. The Hall–Kier alpha value is -2.63. The van der Waals surface area contributed by atoms with Crippen molar-refractivity contribution in [1.82, 2.24) is 5.32 Å². The van der Waals surface area contributed by atoms with Gasteiger partial charge in [-0.2, -0.15) is 0 Å². The van der Waals surface area contributed by atoms with E-state index in [9.17, 15) is 30.3 Å². The van der Waals surface area contributed by atoms with Crippen LogP contribution in [0.25, 0.3) is 0 Å². The molecule has 7 atom stereocenters. The fourth-order valence-electron chi connectivity index (χ4n) is 13.1. The Kier molecular flexibility index (Phi) is 70.5. The average molecular weight is 1330 g/mol. The van der Waals surface area contributed by atoms with Gasteiger partial charge in [-0.15, -0.1) is 0 Å². The van der Waals surface area contributed by atoms with E-state index in [1.807, 2.05) is 0 Å². The van der Waals surface area contributed by atoms with Gasteiger partial charge < -0.3 is 40.3 Å². The second-order valence-corrected chi connectivity index (χ2v) is 28.5. The van der Waals surface area contributed by atoms with E-state index >= 15 is 0 Å². The van der Waals surface area contributed by atoms with E-state index in [0.29, 0.717) is 12.8 Å². The van der Waals surface area contributed by atoms with E-state index in [-0.39, 0.29) is 12.5 Å². The topological polar surface area (TPSA) is 149 Å². The normalized spacial score (nSPS) is 17.9. The zero-order chi connectivity index (χ0) is 68.5. The van der Waals surface area contributed by atoms with Crippen molar-refractivity contribution >= 4 is 5.91 Å². The fourth-order valence-corrected chi connectivity index (χ4v) is 13.1. The molecule has 1 aliphatic rings. The quantitative estimate of drug-likeness (QED) is 0.0261. The van der Waals surface area contributed by atoms with Crippen LogP contribution in [0, 0.1) is 0 Å². The molecule has 0 aromatic rings. The number of unbranched alkanes of at least 4 members (excludes halogenated alkanes) is 49. The van der Waals surface area contributed by atoms with Gasteiger partial charge in [-0.3, -0.25) is 4.79 Å². The maximum absolute atomic E-state index is 13.2. The highest BCUT2D eigenvalue weighted by Crippen LogP contribution is 2.24. The van der Waals surface area contributed by atoms with Crippen molar-refractivity contribution in [3.8, 4) is 0 Å². The van der Waals surface area contributed by atoms with Crippen molar-refractivity contribution in [3.63, 3.8) is 0 Å². The standard InChI is InChI=1S/C86H157NO8/c1-3-5-7-9-11-13-15-17-19-21-23-25-27-29-31-33-35-37-38-39-40-41-42-44-46-48-50-52-54-56-58-60-62-64-66-68-70-72-74-76-82(90)87-79(78-94-86-85(93)84(92)83(91)81(77-88)95-86)80(89)75-73-71-69-67-65-63-61-59-57-55-53-51-49-47-45-43-36-34-32-30-28-26-24-22-20-18-16-14-12-10-8-6-4-2/h5,7,11,13,17,19,23,25,29,31,35,37,39-40,79-81,83-86,88-89,91-93H,3-4,6,8-10,12,14-16,18,20-22,24,26-28,30,32-34,36,38,41-78H2,1-2H3,(H,87,90)/b7-5-,13-11-,19-17-,25-23-,31-29-,37-35-,40-39-. The van der Waals surface area contributed by atoms with E-state index in [1.54, 1.807) is 0 Å². The number of carbonyl (C=O) groups is 1. The number of hydrogen-bond acceptors (Lipinski definition) is 8. The number of aliphatic hydroxyl groups excluding tert-OH is 5. The van der Waals surface area contributed by atoms with Crippen LogP contribution in [0.3, 0.4) is 0 Å². The van der Waals surface area contributed by atoms with Crippen LogP contribution < -0.4 is 5.32 Å². The van der Waals surface area contributed by atoms with Crippen molar-refractivity contribution in [2.75, 3.05) is 13.2 Å². The Balaban J connectivity index is 2.05. The van der Waals surface area contributed by atoms with Gasteiger partial charge in [0.1, 0.15) is 24.4 Å². The average Bonchev–Trinajstić information content (AvgIpc) is 0.836. The lowest BCUT2D eigenvalue weighted by Gasteiger charge is -2.40. The van der Waals surface area contributed by atoms with Gasteiger partial charge >= 0.3 is 0 Å². The lowest BCUT2D eigenvalue weighted by atomic mass is 9.99. The molecule has 1 amide bonds. The molecular formula is C86H157NO8. The summed E-state index contributed by atoms with van der Waals surface area (Å²) < 4.78 is 11.4. The lowest BCUT2D eigenvalue weighted by Crippen LogP contribution is -2.60. The summed E-state index contributed by atoms with van der Waals surface area (Å²) in [5.41, 5.74) is 0. The van der Waals surface area contributed by atoms with E-state index in [4.69, 9.17) is 9.47 Å². The predicted molar refractivity (Wildman–Crippen MR) is 410 cm³/mol. The minimum absolute atomic E-state index is 0.137. The highest BCUT2D eigenvalue weighted by atomic mass is 16.7. The first-order valence-electron chi connectivity index (χ1n) is 41.3. The van der Waals surface area contributed by atoms with E-state index in [2.05, 4.69) is 104 Å². The number of aliphatic hydroxyl groups is 5. The van der Waals surface area contributed by atoms with Crippen LogP contribution in [0.1, 0.15) is 399 Å². The summed E-state index contributed by atoms with van der Waals surface area (Å²) in [7, 11) is 0. The van der Waals surface area contributed by atoms with Gasteiger partial charge in [0.25, 0.3) is 0 Å². The number of rotatable bonds is 73. The molecule has 1 fully saturated rings. The molecule has 1 saturated heterocycles. The summed E-state index contributed by atoms with van der Waals surface area (Å²) in [6.07, 6.45) is 99.8. The van der Waals surface area contributed by atoms with Gasteiger partial charge in [-0.05, 0) is 70.6 Å². The molecule has 9 nitrogen and oxygen atoms in total. The molecule has 554 valence electrons. The number of allylic oxidation sites excluding steroid dienone is 14. The molecule has 0 aliphatic carbocycles. The molecule has 0 saturated carbocycles. The first kappa shape index (κ1) is 90.4. The van der Waals surface area contributed by atoms with Gasteiger partial charge in [0.2, 0.25) is 5.91 Å². The molecule has 1 rings (SSSR count). The maximum atomic E-state index is 13.2. The third kappa shape index (κ3) is 62.1. The molecule has 0 aromatic carbocycles. The number of carbonyl (C=O) groups excluding carboxylic acids is 1. The molecule has 0 spiro atoms. The third-order valence-corrected chi connectivity index (χ3v) is 19.5. The van der Waals surface area contributed by atoms with Crippen molar-refractivity contribution in [3.05, 3.63) is 85.1 Å². The Labute approximate surface area is 588 Å². The van der Waals surface area contributed by atoms with E-state index < -0.39 is 49.5 Å². The van der Waals surface area contributed by atoms with E-state index in [1.165, 1.54) is 289 Å². The fraction of sp³-hybridized carbons (Fsp3) is 0.826. The Morgan fingerprint density at radius 1 is 0.368 bits per heavy atom. The minimum atomic E-state index is -1.56. The number of nitrogens with one attached hydrogen (secondary N) is 1. The molecule has 9 heteroatoms. The summed E-state index contributed by atoms with van der Waals surface area (Å²) in [5.74, 6) is -0.139. The van der Waals surface area contributed by atoms with Crippen LogP contribution in [0.2, 0.25) is 0 Å². The third-order valence-electron chi connectivity index (χ3n) is 19.5. The van der Waals surface area contributed by atoms with Crippen LogP contribution in [0.15, 0.2) is 85.1 Å². The minimum Gasteiger partial charge on any atom is -0.394 e. The second-order valence-electron chi connectivity index (χ2n) is 28.5. The second kappa shape index (κ2) is 74.1. The first-order chi connectivity index (χ1) is 46.8. The van der Waals surface area contributed by atoms with Crippen LogP contribution in [-0.4, -0.2) is 87.5 Å². The van der Waals surface area contributed by atoms with Crippen LogP contribution >= 0.6 is 0 Å². The number of amides is 1. The molecule has 0 bridgehead atoms. The Bertz CT molecular complexity index is 1790. The number of hydrogen-bond donors (Lipinski definition) is 6. The Morgan fingerprint density at radius 2 is 0.653 bits per heavy atom. The van der Waals surface area contributed by atoms with Gasteiger partial charge in [0.05, 0.1) is 25.4 Å². The molecule has 7 unspecified atom stereocenters.